The average molecular weight is 428 g/mol. The van der Waals surface area contributed by atoms with Crippen LogP contribution in [0.1, 0.15) is 35.8 Å². The van der Waals surface area contributed by atoms with Crippen LogP contribution < -0.4 is 0 Å². The van der Waals surface area contributed by atoms with E-state index in [-0.39, 0.29) is 11.7 Å². The molecule has 6 heteroatoms. The van der Waals surface area contributed by atoms with Crippen LogP contribution in [0.15, 0.2) is 48.5 Å². The summed E-state index contributed by atoms with van der Waals surface area (Å²) in [5.74, 6) is 0.0509. The lowest BCUT2D eigenvalue weighted by atomic mass is 9.96. The molecule has 2 aromatic carbocycles. The van der Waals surface area contributed by atoms with Crippen LogP contribution in [0.25, 0.3) is 10.9 Å². The Kier molecular flexibility index (Phi) is 6.40. The molecule has 1 aromatic heterocycles. The lowest BCUT2D eigenvalue weighted by Gasteiger charge is -2.35. The van der Waals surface area contributed by atoms with Gasteiger partial charge < -0.3 is 9.88 Å². The van der Waals surface area contributed by atoms with Gasteiger partial charge in [-0.2, -0.15) is 0 Å². The number of piperidine rings is 1. The Morgan fingerprint density at radius 3 is 2.80 bits per heavy atom. The fourth-order valence-electron chi connectivity index (χ4n) is 4.36. The number of benzene rings is 2. The van der Waals surface area contributed by atoms with Crippen LogP contribution in [-0.2, 0) is 6.54 Å². The smallest absolute Gasteiger partial charge is 0.270 e. The van der Waals surface area contributed by atoms with Crippen molar-refractivity contribution in [3.05, 3.63) is 70.6 Å². The Hall–Kier alpha value is -2.37. The van der Waals surface area contributed by atoms with Gasteiger partial charge in [0, 0.05) is 42.1 Å². The minimum absolute atomic E-state index is 0.0667. The number of aromatic nitrogens is 1. The van der Waals surface area contributed by atoms with E-state index in [4.69, 9.17) is 11.6 Å². The van der Waals surface area contributed by atoms with Gasteiger partial charge in [0.05, 0.1) is 0 Å². The maximum Gasteiger partial charge on any atom is 0.270 e. The van der Waals surface area contributed by atoms with Crippen molar-refractivity contribution in [1.82, 2.24) is 14.8 Å². The zero-order valence-corrected chi connectivity index (χ0v) is 18.0. The number of carbonyl (C=O) groups is 1. The number of hydrogen-bond donors (Lipinski definition) is 1. The molecule has 4 rings (SSSR count). The highest BCUT2D eigenvalue weighted by Gasteiger charge is 2.25. The summed E-state index contributed by atoms with van der Waals surface area (Å²) >= 11 is 5.99. The first-order valence-electron chi connectivity index (χ1n) is 10.6. The number of hydrogen-bond acceptors (Lipinski definition) is 2. The second-order valence-electron chi connectivity index (χ2n) is 8.10. The molecule has 0 aliphatic carbocycles. The molecule has 4 nitrogen and oxygen atoms in total. The first-order valence-corrected chi connectivity index (χ1v) is 10.9. The number of carbonyl (C=O) groups excluding carboxylic acids is 1. The van der Waals surface area contributed by atoms with Gasteiger partial charge in [-0.15, -0.1) is 0 Å². The van der Waals surface area contributed by atoms with Crippen LogP contribution >= 0.6 is 11.6 Å². The van der Waals surface area contributed by atoms with Crippen molar-refractivity contribution in [3.63, 3.8) is 0 Å². The number of fused-ring (bicyclic) bond motifs is 1. The molecule has 1 amide bonds. The van der Waals surface area contributed by atoms with E-state index in [1.54, 1.807) is 18.2 Å². The summed E-state index contributed by atoms with van der Waals surface area (Å²) in [5.41, 5.74) is 2.36. The number of H-pyrrole nitrogens is 1. The monoisotopic (exact) mass is 427 g/mol. The Morgan fingerprint density at radius 1 is 1.27 bits per heavy atom. The summed E-state index contributed by atoms with van der Waals surface area (Å²) in [7, 11) is 0. The van der Waals surface area contributed by atoms with E-state index in [0.29, 0.717) is 35.6 Å². The van der Waals surface area contributed by atoms with Gasteiger partial charge in [-0.05, 0) is 68.1 Å². The number of nitrogens with one attached hydrogen (secondary N) is 1. The lowest BCUT2D eigenvalue weighted by Crippen LogP contribution is -2.42. The first-order chi connectivity index (χ1) is 14.5. The Bertz CT molecular complexity index is 1020. The maximum absolute atomic E-state index is 14.0. The summed E-state index contributed by atoms with van der Waals surface area (Å²) in [6, 6.07) is 14.5. The fourth-order valence-corrected chi connectivity index (χ4v) is 4.49. The molecule has 1 atom stereocenters. The Balaban J connectivity index is 1.41. The summed E-state index contributed by atoms with van der Waals surface area (Å²) in [4.78, 5) is 20.5. The van der Waals surface area contributed by atoms with Gasteiger partial charge in [-0.3, -0.25) is 9.69 Å². The van der Waals surface area contributed by atoms with Gasteiger partial charge in [0.25, 0.3) is 5.91 Å². The molecular formula is C24H27ClFN3O. The van der Waals surface area contributed by atoms with E-state index in [1.165, 1.54) is 11.6 Å². The van der Waals surface area contributed by atoms with Gasteiger partial charge >= 0.3 is 0 Å². The highest BCUT2D eigenvalue weighted by Crippen LogP contribution is 2.23. The van der Waals surface area contributed by atoms with Crippen molar-refractivity contribution in [2.24, 2.45) is 5.92 Å². The largest absolute Gasteiger partial charge is 0.350 e. The van der Waals surface area contributed by atoms with Crippen molar-refractivity contribution in [1.29, 1.82) is 0 Å². The van der Waals surface area contributed by atoms with E-state index in [2.05, 4.69) is 22.0 Å². The van der Waals surface area contributed by atoms with Crippen molar-refractivity contribution in [2.75, 3.05) is 26.2 Å². The molecule has 2 heterocycles. The van der Waals surface area contributed by atoms with Gasteiger partial charge in [-0.25, -0.2) is 4.39 Å². The molecule has 3 aromatic rings. The zero-order chi connectivity index (χ0) is 21.1. The van der Waals surface area contributed by atoms with E-state index in [1.807, 2.05) is 24.0 Å². The molecule has 158 valence electrons. The minimum Gasteiger partial charge on any atom is -0.350 e. The van der Waals surface area contributed by atoms with E-state index in [0.717, 1.165) is 37.5 Å². The normalized spacial score (nSPS) is 17.4. The molecule has 1 N–H and O–H groups in total. The number of amides is 1. The molecule has 1 aliphatic rings. The summed E-state index contributed by atoms with van der Waals surface area (Å²) in [6.07, 6.45) is 2.24. The summed E-state index contributed by atoms with van der Waals surface area (Å²) in [5, 5.41) is 1.22. The highest BCUT2D eigenvalue weighted by atomic mass is 35.5. The minimum atomic E-state index is -0.309. The Labute approximate surface area is 181 Å². The van der Waals surface area contributed by atoms with Gasteiger partial charge in [0.1, 0.15) is 11.5 Å². The molecule has 1 fully saturated rings. The van der Waals surface area contributed by atoms with Crippen LogP contribution in [0.3, 0.4) is 0 Å². The SMILES string of the molecule is CCN(CC1CCCN(Cc2ccc(Cl)cc2)C1)C(=O)c1cc2c(F)cccc2[nH]1. The van der Waals surface area contributed by atoms with Gasteiger partial charge in [0.2, 0.25) is 0 Å². The van der Waals surface area contributed by atoms with Crippen LogP contribution in [0.5, 0.6) is 0 Å². The predicted octanol–water partition coefficient (Wildman–Crippen LogP) is 5.33. The van der Waals surface area contributed by atoms with E-state index >= 15 is 0 Å². The molecule has 1 aliphatic heterocycles. The molecular weight excluding hydrogens is 401 g/mol. The third-order valence-corrected chi connectivity index (χ3v) is 6.16. The van der Waals surface area contributed by atoms with Gasteiger partial charge in [0.15, 0.2) is 0 Å². The van der Waals surface area contributed by atoms with E-state index < -0.39 is 0 Å². The van der Waals surface area contributed by atoms with Crippen molar-refractivity contribution < 1.29 is 9.18 Å². The fraction of sp³-hybridized carbons (Fsp3) is 0.375. The molecule has 0 spiro atoms. The van der Waals surface area contributed by atoms with Crippen LogP contribution in [0.4, 0.5) is 4.39 Å². The number of likely N-dealkylation sites (tertiary alicyclic amines) is 1. The second kappa shape index (κ2) is 9.19. The molecule has 0 radical (unpaired) electrons. The molecule has 0 bridgehead atoms. The summed E-state index contributed by atoms with van der Waals surface area (Å²) < 4.78 is 14.0. The Morgan fingerprint density at radius 2 is 2.07 bits per heavy atom. The third kappa shape index (κ3) is 4.68. The highest BCUT2D eigenvalue weighted by molar-refractivity contribution is 6.30. The van der Waals surface area contributed by atoms with E-state index in [9.17, 15) is 9.18 Å². The molecule has 1 saturated heterocycles. The number of rotatable bonds is 6. The second-order valence-corrected chi connectivity index (χ2v) is 8.53. The van der Waals surface area contributed by atoms with Crippen LogP contribution in [0, 0.1) is 11.7 Å². The summed E-state index contributed by atoms with van der Waals surface area (Å²) in [6.45, 7) is 6.27. The molecule has 30 heavy (non-hydrogen) atoms. The van der Waals surface area contributed by atoms with Crippen LogP contribution in [-0.4, -0.2) is 46.9 Å². The number of halogens is 2. The van der Waals surface area contributed by atoms with Gasteiger partial charge in [-0.1, -0.05) is 29.8 Å². The number of nitrogens with zero attached hydrogens (tertiary/aromatic N) is 2. The molecule has 0 saturated carbocycles. The average Bonchev–Trinajstić information content (AvgIpc) is 3.19. The zero-order valence-electron chi connectivity index (χ0n) is 17.2. The lowest BCUT2D eigenvalue weighted by molar-refractivity contribution is 0.0680. The molecule has 1 unspecified atom stereocenters. The topological polar surface area (TPSA) is 39.3 Å². The quantitative estimate of drug-likeness (QED) is 0.577. The maximum atomic E-state index is 14.0. The van der Waals surface area contributed by atoms with Crippen LogP contribution in [0.2, 0.25) is 5.02 Å². The number of aromatic amines is 1. The van der Waals surface area contributed by atoms with Crippen molar-refractivity contribution in [3.8, 4) is 0 Å². The first kappa shape index (κ1) is 20.9. The van der Waals surface area contributed by atoms with Crippen molar-refractivity contribution in [2.45, 2.75) is 26.3 Å². The van der Waals surface area contributed by atoms with Crippen molar-refractivity contribution >= 4 is 28.4 Å². The standard InChI is InChI=1S/C24H27ClFN3O/c1-2-29(24(30)23-13-20-21(26)6-3-7-22(20)27-23)16-18-5-4-12-28(15-18)14-17-8-10-19(25)11-9-17/h3,6-11,13,18,27H,2,4-5,12,14-16H2,1H3. The predicted molar refractivity (Wildman–Crippen MR) is 119 cm³/mol. The third-order valence-electron chi connectivity index (χ3n) is 5.91.